The highest BCUT2D eigenvalue weighted by atomic mass is 16.5. The zero-order chi connectivity index (χ0) is 19.5. The van der Waals surface area contributed by atoms with E-state index in [9.17, 15) is 4.79 Å². The monoisotopic (exact) mass is 381 g/mol. The number of hydrogen-bond donors (Lipinski definition) is 2. The maximum atomic E-state index is 11.4. The zero-order valence-corrected chi connectivity index (χ0v) is 16.8. The number of carbonyl (C=O) groups is 1. The second-order valence-electron chi connectivity index (χ2n) is 8.44. The number of nitrogens with zero attached hydrogens (tertiary/aromatic N) is 1. The SMILES string of the molecule is C[C@H](NCc1cc2cc3c(cc2nc1OCC1CCCCC1)CCC3)C(N)=O. The Hall–Kier alpha value is -2.14. The summed E-state index contributed by atoms with van der Waals surface area (Å²) < 4.78 is 6.23. The van der Waals surface area contributed by atoms with Crippen LogP contribution in [0.2, 0.25) is 0 Å². The number of nitrogens with two attached hydrogens (primary N) is 1. The number of carbonyl (C=O) groups excluding carboxylic acids is 1. The number of hydrogen-bond acceptors (Lipinski definition) is 4. The van der Waals surface area contributed by atoms with Crippen molar-refractivity contribution in [1.82, 2.24) is 10.3 Å². The van der Waals surface area contributed by atoms with E-state index in [0.29, 0.717) is 18.3 Å². The third kappa shape index (κ3) is 4.30. The van der Waals surface area contributed by atoms with Crippen LogP contribution in [0.3, 0.4) is 0 Å². The summed E-state index contributed by atoms with van der Waals surface area (Å²) in [6.07, 6.45) is 9.95. The number of amides is 1. The van der Waals surface area contributed by atoms with E-state index >= 15 is 0 Å². The molecule has 2 aromatic rings. The fourth-order valence-electron chi connectivity index (χ4n) is 4.44. The van der Waals surface area contributed by atoms with Gasteiger partial charge in [0.15, 0.2) is 0 Å². The first-order valence-electron chi connectivity index (χ1n) is 10.7. The smallest absolute Gasteiger partial charge is 0.234 e. The quantitative estimate of drug-likeness (QED) is 0.767. The summed E-state index contributed by atoms with van der Waals surface area (Å²) in [4.78, 5) is 16.3. The molecule has 28 heavy (non-hydrogen) atoms. The Morgan fingerprint density at radius 2 is 1.93 bits per heavy atom. The van der Waals surface area contributed by atoms with Gasteiger partial charge in [0.05, 0.1) is 18.2 Å². The number of primary amides is 1. The van der Waals surface area contributed by atoms with Crippen LogP contribution in [0.5, 0.6) is 5.88 Å². The predicted molar refractivity (Wildman–Crippen MR) is 111 cm³/mol. The third-order valence-corrected chi connectivity index (χ3v) is 6.27. The molecule has 1 amide bonds. The Balaban J connectivity index is 1.59. The second-order valence-corrected chi connectivity index (χ2v) is 8.44. The van der Waals surface area contributed by atoms with Crippen LogP contribution in [0, 0.1) is 5.92 Å². The van der Waals surface area contributed by atoms with Gasteiger partial charge in [0, 0.05) is 17.5 Å². The van der Waals surface area contributed by atoms with Gasteiger partial charge in [0.2, 0.25) is 11.8 Å². The van der Waals surface area contributed by atoms with Gasteiger partial charge in [-0.05, 0) is 74.3 Å². The molecule has 1 atom stereocenters. The van der Waals surface area contributed by atoms with Crippen LogP contribution in [-0.4, -0.2) is 23.5 Å². The average molecular weight is 382 g/mol. The number of nitrogens with one attached hydrogen (secondary N) is 1. The van der Waals surface area contributed by atoms with Gasteiger partial charge in [-0.3, -0.25) is 4.79 Å². The van der Waals surface area contributed by atoms with E-state index in [4.69, 9.17) is 15.5 Å². The van der Waals surface area contributed by atoms with Gasteiger partial charge in [-0.25, -0.2) is 4.98 Å². The molecule has 0 saturated heterocycles. The molecule has 5 heteroatoms. The molecule has 2 aliphatic carbocycles. The van der Waals surface area contributed by atoms with E-state index in [2.05, 4.69) is 23.5 Å². The normalized spacial score (nSPS) is 18.2. The summed E-state index contributed by atoms with van der Waals surface area (Å²) in [6.45, 7) is 3.03. The number of aryl methyl sites for hydroxylation is 2. The van der Waals surface area contributed by atoms with Gasteiger partial charge in [0.1, 0.15) is 0 Å². The molecule has 0 unspecified atom stereocenters. The van der Waals surface area contributed by atoms with E-state index in [1.807, 2.05) is 0 Å². The molecule has 4 rings (SSSR count). The highest BCUT2D eigenvalue weighted by molar-refractivity contribution is 5.82. The molecule has 5 nitrogen and oxygen atoms in total. The standard InChI is InChI=1S/C23H31N3O2/c1-15(22(24)27)25-13-20-11-19-10-17-8-5-9-18(17)12-21(19)26-23(20)28-14-16-6-3-2-4-7-16/h10-12,15-16,25H,2-9,13-14H2,1H3,(H2,24,27)/t15-/m0/s1. The first-order chi connectivity index (χ1) is 13.6. The van der Waals surface area contributed by atoms with E-state index in [1.165, 1.54) is 49.7 Å². The molecule has 1 aromatic heterocycles. The molecule has 0 spiro atoms. The van der Waals surface area contributed by atoms with Crippen molar-refractivity contribution in [3.63, 3.8) is 0 Å². The lowest BCUT2D eigenvalue weighted by atomic mass is 9.90. The lowest BCUT2D eigenvalue weighted by Crippen LogP contribution is -2.38. The van der Waals surface area contributed by atoms with Crippen LogP contribution in [-0.2, 0) is 24.2 Å². The van der Waals surface area contributed by atoms with Gasteiger partial charge in [-0.15, -0.1) is 0 Å². The lowest BCUT2D eigenvalue weighted by Gasteiger charge is -2.22. The molecule has 0 bridgehead atoms. The molecule has 1 saturated carbocycles. The summed E-state index contributed by atoms with van der Waals surface area (Å²) in [7, 11) is 0. The number of pyridine rings is 1. The highest BCUT2D eigenvalue weighted by Gasteiger charge is 2.18. The zero-order valence-electron chi connectivity index (χ0n) is 16.8. The Kier molecular flexibility index (Phi) is 5.81. The predicted octanol–water partition coefficient (Wildman–Crippen LogP) is 3.65. The molecular formula is C23H31N3O2. The van der Waals surface area contributed by atoms with Crippen molar-refractivity contribution < 1.29 is 9.53 Å². The fraction of sp³-hybridized carbons (Fsp3) is 0.565. The summed E-state index contributed by atoms with van der Waals surface area (Å²) in [5.74, 6) is 0.966. The van der Waals surface area contributed by atoms with Crippen molar-refractivity contribution in [1.29, 1.82) is 0 Å². The average Bonchev–Trinajstić information content (AvgIpc) is 3.16. The summed E-state index contributed by atoms with van der Waals surface area (Å²) in [6, 6.07) is 6.28. The largest absolute Gasteiger partial charge is 0.477 e. The number of ether oxygens (including phenoxy) is 1. The first kappa shape index (κ1) is 19.2. The minimum atomic E-state index is -0.387. The van der Waals surface area contributed by atoms with Crippen LogP contribution < -0.4 is 15.8 Å². The second kappa shape index (κ2) is 8.48. The minimum absolute atomic E-state index is 0.351. The Labute approximate surface area is 167 Å². The highest BCUT2D eigenvalue weighted by Crippen LogP contribution is 2.31. The maximum Gasteiger partial charge on any atom is 0.234 e. The molecule has 1 heterocycles. The van der Waals surface area contributed by atoms with E-state index in [-0.39, 0.29) is 11.9 Å². The Bertz CT molecular complexity index is 859. The van der Waals surface area contributed by atoms with Gasteiger partial charge in [0.25, 0.3) is 0 Å². The van der Waals surface area contributed by atoms with E-state index in [0.717, 1.165) is 35.9 Å². The minimum Gasteiger partial charge on any atom is -0.477 e. The van der Waals surface area contributed by atoms with Gasteiger partial charge >= 0.3 is 0 Å². The third-order valence-electron chi connectivity index (χ3n) is 6.27. The Morgan fingerprint density at radius 1 is 1.18 bits per heavy atom. The van der Waals surface area contributed by atoms with Crippen LogP contribution in [0.4, 0.5) is 0 Å². The molecule has 2 aliphatic rings. The van der Waals surface area contributed by atoms with Crippen LogP contribution in [0.1, 0.15) is 62.1 Å². The van der Waals surface area contributed by atoms with Crippen molar-refractivity contribution in [2.24, 2.45) is 11.7 Å². The summed E-state index contributed by atoms with van der Waals surface area (Å²) >= 11 is 0. The maximum absolute atomic E-state index is 11.4. The van der Waals surface area contributed by atoms with Crippen LogP contribution >= 0.6 is 0 Å². The number of rotatable bonds is 7. The van der Waals surface area contributed by atoms with E-state index < -0.39 is 0 Å². The molecule has 1 aromatic carbocycles. The Morgan fingerprint density at radius 3 is 2.68 bits per heavy atom. The van der Waals surface area contributed by atoms with Crippen molar-refractivity contribution in [3.05, 3.63) is 34.9 Å². The lowest BCUT2D eigenvalue weighted by molar-refractivity contribution is -0.119. The number of benzene rings is 1. The number of fused-ring (bicyclic) bond motifs is 2. The molecule has 0 aliphatic heterocycles. The number of aromatic nitrogens is 1. The summed E-state index contributed by atoms with van der Waals surface area (Å²) in [5, 5.41) is 4.35. The van der Waals surface area contributed by atoms with Gasteiger partial charge < -0.3 is 15.8 Å². The van der Waals surface area contributed by atoms with E-state index in [1.54, 1.807) is 6.92 Å². The first-order valence-corrected chi connectivity index (χ1v) is 10.7. The van der Waals surface area contributed by atoms with Crippen LogP contribution in [0.25, 0.3) is 10.9 Å². The summed E-state index contributed by atoms with van der Waals surface area (Å²) in [5.41, 5.74) is 10.3. The topological polar surface area (TPSA) is 77.2 Å². The molecular weight excluding hydrogens is 350 g/mol. The van der Waals surface area contributed by atoms with Crippen molar-refractivity contribution >= 4 is 16.8 Å². The van der Waals surface area contributed by atoms with Crippen molar-refractivity contribution in [2.45, 2.75) is 70.9 Å². The van der Waals surface area contributed by atoms with Crippen molar-refractivity contribution in [3.8, 4) is 5.88 Å². The fourth-order valence-corrected chi connectivity index (χ4v) is 4.44. The molecule has 1 fully saturated rings. The van der Waals surface area contributed by atoms with Crippen molar-refractivity contribution in [2.75, 3.05) is 6.61 Å². The van der Waals surface area contributed by atoms with Gasteiger partial charge in [-0.1, -0.05) is 19.3 Å². The van der Waals surface area contributed by atoms with Gasteiger partial charge in [-0.2, -0.15) is 0 Å². The molecule has 3 N–H and O–H groups in total. The van der Waals surface area contributed by atoms with Crippen LogP contribution in [0.15, 0.2) is 18.2 Å². The molecule has 0 radical (unpaired) electrons. The molecule has 150 valence electrons.